The largest absolute Gasteiger partial charge is 0.445 e. The van der Waals surface area contributed by atoms with Gasteiger partial charge in [-0.3, -0.25) is 5.32 Å². The number of carbonyl (C=O) groups excluding carboxylic acids is 1. The predicted molar refractivity (Wildman–Crippen MR) is 45.0 cm³/mol. The highest BCUT2D eigenvalue weighted by Gasteiger charge is 2.16. The number of hydrogen-bond acceptors (Lipinski definition) is 4. The Morgan fingerprint density at radius 2 is 2.31 bits per heavy atom. The summed E-state index contributed by atoms with van der Waals surface area (Å²) in [5.74, 6) is 0. The fourth-order valence-electron chi connectivity index (χ4n) is 0.844. The van der Waals surface area contributed by atoms with E-state index in [2.05, 4.69) is 16.6 Å². The van der Waals surface area contributed by atoms with Crippen LogP contribution in [0.15, 0.2) is 12.7 Å². The van der Waals surface area contributed by atoms with Crippen LogP contribution in [0.4, 0.5) is 4.79 Å². The molecule has 5 heteroatoms. The van der Waals surface area contributed by atoms with E-state index in [9.17, 15) is 4.79 Å². The van der Waals surface area contributed by atoms with Crippen LogP contribution in [-0.4, -0.2) is 32.3 Å². The van der Waals surface area contributed by atoms with Crippen molar-refractivity contribution in [3.05, 3.63) is 12.7 Å². The number of hydrogen-bond donors (Lipinski definition) is 1. The highest BCUT2D eigenvalue weighted by molar-refractivity contribution is 5.67. The zero-order valence-electron chi connectivity index (χ0n) is 7.32. The summed E-state index contributed by atoms with van der Waals surface area (Å²) in [6, 6.07) is 0. The first-order chi connectivity index (χ1) is 6.33. The monoisotopic (exact) mass is 187 g/mol. The van der Waals surface area contributed by atoms with Gasteiger partial charge in [-0.05, 0) is 6.42 Å². The van der Waals surface area contributed by atoms with E-state index in [1.54, 1.807) is 0 Å². The first kappa shape index (κ1) is 10.0. The van der Waals surface area contributed by atoms with Crippen molar-refractivity contribution in [3.63, 3.8) is 0 Å². The molecule has 0 atom stereocenters. The zero-order valence-corrected chi connectivity index (χ0v) is 7.32. The molecule has 1 N–H and O–H groups in total. The van der Waals surface area contributed by atoms with Crippen molar-refractivity contribution in [2.24, 2.45) is 0 Å². The summed E-state index contributed by atoms with van der Waals surface area (Å²) in [5.41, 5.74) is 0. The molecule has 5 nitrogen and oxygen atoms in total. The van der Waals surface area contributed by atoms with Crippen LogP contribution in [0, 0.1) is 0 Å². The molecule has 0 aromatic rings. The van der Waals surface area contributed by atoms with Crippen LogP contribution >= 0.6 is 0 Å². The Kier molecular flexibility index (Phi) is 4.28. The number of carbonyl (C=O) groups is 1. The van der Waals surface area contributed by atoms with Crippen molar-refractivity contribution in [2.45, 2.75) is 12.8 Å². The molecule has 13 heavy (non-hydrogen) atoms. The number of rotatable bonds is 3. The minimum absolute atomic E-state index is 0.179. The molecule has 0 spiro atoms. The molecule has 0 unspecified atom stereocenters. The van der Waals surface area contributed by atoms with Crippen molar-refractivity contribution < 1.29 is 19.0 Å². The molecule has 0 aromatic carbocycles. The van der Waals surface area contributed by atoms with Crippen LogP contribution in [0.3, 0.4) is 0 Å². The summed E-state index contributed by atoms with van der Waals surface area (Å²) in [6.07, 6.45) is 1.10. The summed E-state index contributed by atoms with van der Waals surface area (Å²) in [6.45, 7) is 4.77. The smallest absolute Gasteiger partial charge is 0.411 e. The maximum Gasteiger partial charge on any atom is 0.411 e. The highest BCUT2D eigenvalue weighted by Crippen LogP contribution is 2.01. The zero-order chi connectivity index (χ0) is 9.52. The molecule has 0 aromatic heterocycles. The van der Waals surface area contributed by atoms with Gasteiger partial charge >= 0.3 is 6.09 Å². The van der Waals surface area contributed by atoms with Crippen molar-refractivity contribution in [1.29, 1.82) is 0 Å². The van der Waals surface area contributed by atoms with Gasteiger partial charge in [0, 0.05) is 0 Å². The molecule has 1 rings (SSSR count). The lowest BCUT2D eigenvalue weighted by molar-refractivity contribution is -0.189. The summed E-state index contributed by atoms with van der Waals surface area (Å²) in [7, 11) is 0. The Labute approximate surface area is 76.7 Å². The van der Waals surface area contributed by atoms with E-state index in [1.807, 2.05) is 0 Å². The molecule has 1 heterocycles. The third-order valence-electron chi connectivity index (χ3n) is 1.40. The lowest BCUT2D eigenvalue weighted by Crippen LogP contribution is -2.42. The van der Waals surface area contributed by atoms with Crippen molar-refractivity contribution in [1.82, 2.24) is 5.32 Å². The Morgan fingerprint density at radius 3 is 2.92 bits per heavy atom. The molecule has 0 radical (unpaired) electrons. The van der Waals surface area contributed by atoms with Crippen molar-refractivity contribution in [2.75, 3.05) is 19.8 Å². The number of alkyl carbamates (subject to hydrolysis) is 1. The van der Waals surface area contributed by atoms with E-state index in [-0.39, 0.29) is 6.61 Å². The summed E-state index contributed by atoms with van der Waals surface area (Å²) < 4.78 is 14.8. The molecule has 0 aliphatic carbocycles. The van der Waals surface area contributed by atoms with Gasteiger partial charge in [-0.25, -0.2) is 4.79 Å². The first-order valence-electron chi connectivity index (χ1n) is 4.10. The van der Waals surface area contributed by atoms with E-state index in [0.29, 0.717) is 13.2 Å². The average Bonchev–Trinajstić information content (AvgIpc) is 2.16. The van der Waals surface area contributed by atoms with E-state index < -0.39 is 12.5 Å². The molecular formula is C8H13NO4. The minimum Gasteiger partial charge on any atom is -0.445 e. The summed E-state index contributed by atoms with van der Waals surface area (Å²) in [5, 5.41) is 2.40. The van der Waals surface area contributed by atoms with Gasteiger partial charge in [0.1, 0.15) is 6.61 Å². The normalized spacial score (nSPS) is 17.8. The van der Waals surface area contributed by atoms with Gasteiger partial charge in [0.2, 0.25) is 6.41 Å². The van der Waals surface area contributed by atoms with Crippen LogP contribution < -0.4 is 5.32 Å². The van der Waals surface area contributed by atoms with Crippen LogP contribution in [0.1, 0.15) is 6.42 Å². The van der Waals surface area contributed by atoms with Crippen molar-refractivity contribution >= 4 is 6.09 Å². The number of ether oxygens (including phenoxy) is 3. The molecule has 0 bridgehead atoms. The third kappa shape index (κ3) is 3.91. The molecule has 1 fully saturated rings. The SMILES string of the molecule is C=CCOC(=O)NC1OCCCO1. The average molecular weight is 187 g/mol. The van der Waals surface area contributed by atoms with Gasteiger partial charge < -0.3 is 14.2 Å². The van der Waals surface area contributed by atoms with E-state index >= 15 is 0 Å². The molecule has 74 valence electrons. The topological polar surface area (TPSA) is 56.8 Å². The minimum atomic E-state index is -0.675. The van der Waals surface area contributed by atoms with Crippen LogP contribution in [0.2, 0.25) is 0 Å². The Hall–Kier alpha value is -1.07. The fraction of sp³-hybridized carbons (Fsp3) is 0.625. The second kappa shape index (κ2) is 5.55. The number of nitrogens with one attached hydrogen (secondary N) is 1. The summed E-state index contributed by atoms with van der Waals surface area (Å²) in [4.78, 5) is 10.9. The maximum absolute atomic E-state index is 10.9. The van der Waals surface area contributed by atoms with Crippen molar-refractivity contribution in [3.8, 4) is 0 Å². The predicted octanol–water partition coefficient (Wildman–Crippen LogP) is 0.619. The van der Waals surface area contributed by atoms with Gasteiger partial charge in [-0.1, -0.05) is 12.7 Å². The lowest BCUT2D eigenvalue weighted by Gasteiger charge is -2.23. The van der Waals surface area contributed by atoms with E-state index in [1.165, 1.54) is 6.08 Å². The molecule has 1 saturated heterocycles. The standard InChI is InChI=1S/C8H13NO4/c1-2-4-11-7(10)9-8-12-5-3-6-13-8/h2,8H,1,3-6H2,(H,9,10). The summed E-state index contributed by atoms with van der Waals surface area (Å²) >= 11 is 0. The quantitative estimate of drug-likeness (QED) is 0.658. The molecule has 0 saturated carbocycles. The Balaban J connectivity index is 2.14. The highest BCUT2D eigenvalue weighted by atomic mass is 16.7. The van der Waals surface area contributed by atoms with Crippen LogP contribution in [0.5, 0.6) is 0 Å². The molecule has 1 amide bonds. The van der Waals surface area contributed by atoms with Gasteiger partial charge in [0.25, 0.3) is 0 Å². The van der Waals surface area contributed by atoms with E-state index in [0.717, 1.165) is 6.42 Å². The lowest BCUT2D eigenvalue weighted by atomic mass is 10.5. The second-order valence-electron chi connectivity index (χ2n) is 2.46. The van der Waals surface area contributed by atoms with Crippen LogP contribution in [-0.2, 0) is 14.2 Å². The molecule has 1 aliphatic heterocycles. The first-order valence-corrected chi connectivity index (χ1v) is 4.10. The second-order valence-corrected chi connectivity index (χ2v) is 2.46. The molecule has 1 aliphatic rings. The van der Waals surface area contributed by atoms with E-state index in [4.69, 9.17) is 9.47 Å². The Bertz CT molecular complexity index is 177. The maximum atomic E-state index is 10.9. The van der Waals surface area contributed by atoms with Gasteiger partial charge in [0.15, 0.2) is 0 Å². The Morgan fingerprint density at radius 1 is 1.62 bits per heavy atom. The van der Waals surface area contributed by atoms with Gasteiger partial charge in [0.05, 0.1) is 13.2 Å². The van der Waals surface area contributed by atoms with Crippen LogP contribution in [0.25, 0.3) is 0 Å². The van der Waals surface area contributed by atoms with Gasteiger partial charge in [-0.15, -0.1) is 0 Å². The molecular weight excluding hydrogens is 174 g/mol. The van der Waals surface area contributed by atoms with Gasteiger partial charge in [-0.2, -0.15) is 0 Å². The number of amides is 1. The fourth-order valence-corrected chi connectivity index (χ4v) is 0.844. The third-order valence-corrected chi connectivity index (χ3v) is 1.40.